The number of carbonyl (C=O) groups excluding carboxylic acids is 2. The van der Waals surface area contributed by atoms with Gasteiger partial charge in [0.05, 0.1) is 5.88 Å². The van der Waals surface area contributed by atoms with Crippen molar-refractivity contribution in [3.8, 4) is 0 Å². The molecule has 0 bridgehead atoms. The van der Waals surface area contributed by atoms with Gasteiger partial charge in [0, 0.05) is 12.2 Å². The van der Waals surface area contributed by atoms with Crippen LogP contribution in [0.15, 0.2) is 0 Å². The molecule has 2 amide bonds. The van der Waals surface area contributed by atoms with Crippen molar-refractivity contribution in [3.05, 3.63) is 0 Å². The van der Waals surface area contributed by atoms with Crippen molar-refractivity contribution in [1.29, 1.82) is 0 Å². The first-order valence-corrected chi connectivity index (χ1v) is 6.87. The fraction of sp³-hybridized carbons (Fsp3) is 0.727. The fourth-order valence-electron chi connectivity index (χ4n) is 1.55. The van der Waals surface area contributed by atoms with Crippen LogP contribution in [0.4, 0.5) is 0 Å². The number of carboxylic acid groups (broad SMARTS) is 1. The van der Waals surface area contributed by atoms with Gasteiger partial charge in [0.1, 0.15) is 11.6 Å². The normalized spacial score (nSPS) is 19.7. The molecule has 1 atom stereocenters. The summed E-state index contributed by atoms with van der Waals surface area (Å²) in [5.41, 5.74) is -1.33. The predicted molar refractivity (Wildman–Crippen MR) is 68.1 cm³/mol. The van der Waals surface area contributed by atoms with Crippen LogP contribution in [-0.4, -0.2) is 51.0 Å². The zero-order chi connectivity index (χ0) is 13.9. The van der Waals surface area contributed by atoms with Gasteiger partial charge < -0.3 is 15.3 Å². The maximum atomic E-state index is 12.0. The van der Waals surface area contributed by atoms with Gasteiger partial charge >= 0.3 is 5.97 Å². The second kappa shape index (κ2) is 5.60. The van der Waals surface area contributed by atoms with E-state index in [1.807, 2.05) is 0 Å². The fourth-order valence-corrected chi connectivity index (χ4v) is 2.73. The standard InChI is InChI=1S/C11H18N2O4S/c1-4-8(14)13-6-18-5-7(13)9(15)12-11(2,3)10(16)17/h7H,4-6H2,1-3H3,(H,12,15)(H,16,17). The van der Waals surface area contributed by atoms with Crippen LogP contribution in [0.2, 0.25) is 0 Å². The van der Waals surface area contributed by atoms with E-state index in [0.717, 1.165) is 0 Å². The second-order valence-electron chi connectivity index (χ2n) is 4.65. The van der Waals surface area contributed by atoms with Gasteiger partial charge in [-0.3, -0.25) is 9.59 Å². The van der Waals surface area contributed by atoms with E-state index in [2.05, 4.69) is 5.32 Å². The van der Waals surface area contributed by atoms with Crippen molar-refractivity contribution in [1.82, 2.24) is 10.2 Å². The maximum Gasteiger partial charge on any atom is 0.328 e. The second-order valence-corrected chi connectivity index (χ2v) is 5.65. The van der Waals surface area contributed by atoms with Crippen molar-refractivity contribution < 1.29 is 19.5 Å². The van der Waals surface area contributed by atoms with Crippen LogP contribution < -0.4 is 5.32 Å². The van der Waals surface area contributed by atoms with Gasteiger partial charge in [0.15, 0.2) is 0 Å². The van der Waals surface area contributed by atoms with Crippen LogP contribution in [0, 0.1) is 0 Å². The average Bonchev–Trinajstić information content (AvgIpc) is 2.76. The molecule has 0 aromatic heterocycles. The molecule has 6 nitrogen and oxygen atoms in total. The number of hydrogen-bond donors (Lipinski definition) is 2. The SMILES string of the molecule is CCC(=O)N1CSCC1C(=O)NC(C)(C)C(=O)O. The largest absolute Gasteiger partial charge is 0.480 e. The Kier molecular flexibility index (Phi) is 4.61. The highest BCUT2D eigenvalue weighted by Gasteiger charge is 2.38. The molecule has 102 valence electrons. The molecule has 1 aliphatic heterocycles. The minimum atomic E-state index is -1.33. The molecular weight excluding hydrogens is 256 g/mol. The van der Waals surface area contributed by atoms with Gasteiger partial charge in [-0.15, -0.1) is 11.8 Å². The number of rotatable bonds is 4. The number of thioether (sulfide) groups is 1. The van der Waals surface area contributed by atoms with Gasteiger partial charge in [-0.2, -0.15) is 0 Å². The van der Waals surface area contributed by atoms with Crippen LogP contribution in [0.1, 0.15) is 27.2 Å². The molecule has 1 aliphatic rings. The highest BCUT2D eigenvalue weighted by Crippen LogP contribution is 2.22. The van der Waals surface area contributed by atoms with E-state index in [4.69, 9.17) is 5.11 Å². The third kappa shape index (κ3) is 3.16. The number of carboxylic acids is 1. The summed E-state index contributed by atoms with van der Waals surface area (Å²) >= 11 is 1.49. The molecule has 1 heterocycles. The van der Waals surface area contributed by atoms with Crippen molar-refractivity contribution >= 4 is 29.5 Å². The molecule has 18 heavy (non-hydrogen) atoms. The Morgan fingerprint density at radius 1 is 1.44 bits per heavy atom. The molecule has 1 fully saturated rings. The Labute approximate surface area is 110 Å². The zero-order valence-electron chi connectivity index (χ0n) is 10.7. The molecule has 1 rings (SSSR count). The number of amides is 2. The molecule has 0 saturated carbocycles. The lowest BCUT2D eigenvalue weighted by molar-refractivity contribution is -0.147. The summed E-state index contributed by atoms with van der Waals surface area (Å²) in [6.07, 6.45) is 0.340. The highest BCUT2D eigenvalue weighted by molar-refractivity contribution is 7.99. The van der Waals surface area contributed by atoms with E-state index >= 15 is 0 Å². The number of hydrogen-bond acceptors (Lipinski definition) is 4. The van der Waals surface area contributed by atoms with Crippen LogP contribution in [-0.2, 0) is 14.4 Å². The summed E-state index contributed by atoms with van der Waals surface area (Å²) in [5, 5.41) is 11.4. The Morgan fingerprint density at radius 2 is 2.06 bits per heavy atom. The van der Waals surface area contributed by atoms with E-state index in [1.54, 1.807) is 6.92 Å². The molecule has 0 spiro atoms. The Morgan fingerprint density at radius 3 is 2.56 bits per heavy atom. The smallest absolute Gasteiger partial charge is 0.328 e. The summed E-state index contributed by atoms with van der Waals surface area (Å²) in [4.78, 5) is 36.1. The molecular formula is C11H18N2O4S. The van der Waals surface area contributed by atoms with Crippen molar-refractivity contribution in [3.63, 3.8) is 0 Å². The summed E-state index contributed by atoms with van der Waals surface area (Å²) < 4.78 is 0. The molecule has 0 aromatic carbocycles. The van der Waals surface area contributed by atoms with E-state index in [9.17, 15) is 14.4 Å². The van der Waals surface area contributed by atoms with Gasteiger partial charge in [-0.05, 0) is 13.8 Å². The summed E-state index contributed by atoms with van der Waals surface area (Å²) in [5.74, 6) is -0.608. The Hall–Kier alpha value is -1.24. The third-order valence-corrected chi connectivity index (χ3v) is 3.79. The van der Waals surface area contributed by atoms with E-state index in [0.29, 0.717) is 18.1 Å². The summed E-state index contributed by atoms with van der Waals surface area (Å²) in [6, 6.07) is -0.568. The van der Waals surface area contributed by atoms with Gasteiger partial charge in [0.25, 0.3) is 0 Å². The average molecular weight is 274 g/mol. The van der Waals surface area contributed by atoms with Crippen LogP contribution in [0.3, 0.4) is 0 Å². The lowest BCUT2D eigenvalue weighted by Crippen LogP contribution is -2.56. The number of nitrogens with one attached hydrogen (secondary N) is 1. The molecule has 1 unspecified atom stereocenters. The molecule has 2 N–H and O–H groups in total. The molecule has 0 aliphatic carbocycles. The maximum absolute atomic E-state index is 12.0. The number of carbonyl (C=O) groups is 3. The molecule has 7 heteroatoms. The first kappa shape index (κ1) is 14.8. The summed E-state index contributed by atoms with van der Waals surface area (Å²) in [6.45, 7) is 4.57. The third-order valence-electron chi connectivity index (χ3n) is 2.78. The van der Waals surface area contributed by atoms with Gasteiger partial charge in [-0.25, -0.2) is 4.79 Å². The van der Waals surface area contributed by atoms with Crippen LogP contribution in [0.25, 0.3) is 0 Å². The molecule has 0 radical (unpaired) electrons. The monoisotopic (exact) mass is 274 g/mol. The topological polar surface area (TPSA) is 86.7 Å². The highest BCUT2D eigenvalue weighted by atomic mass is 32.2. The van der Waals surface area contributed by atoms with E-state index in [-0.39, 0.29) is 5.91 Å². The molecule has 1 saturated heterocycles. The van der Waals surface area contributed by atoms with Gasteiger partial charge in [0.2, 0.25) is 11.8 Å². The van der Waals surface area contributed by atoms with Gasteiger partial charge in [-0.1, -0.05) is 6.92 Å². The van der Waals surface area contributed by atoms with Crippen molar-refractivity contribution in [2.75, 3.05) is 11.6 Å². The Balaban J connectivity index is 2.72. The zero-order valence-corrected chi connectivity index (χ0v) is 11.5. The van der Waals surface area contributed by atoms with E-state index < -0.39 is 23.5 Å². The minimum Gasteiger partial charge on any atom is -0.480 e. The van der Waals surface area contributed by atoms with E-state index in [1.165, 1.54) is 30.5 Å². The summed E-state index contributed by atoms with van der Waals surface area (Å²) in [7, 11) is 0. The molecule has 0 aromatic rings. The van der Waals surface area contributed by atoms with Crippen molar-refractivity contribution in [2.24, 2.45) is 0 Å². The Bertz CT molecular complexity index is 370. The predicted octanol–water partition coefficient (Wildman–Crippen LogP) is 0.277. The minimum absolute atomic E-state index is 0.0896. The lowest BCUT2D eigenvalue weighted by atomic mass is 10.1. The lowest BCUT2D eigenvalue weighted by Gasteiger charge is -2.27. The van der Waals surface area contributed by atoms with Crippen LogP contribution in [0.5, 0.6) is 0 Å². The number of nitrogens with zero attached hydrogens (tertiary/aromatic N) is 1. The van der Waals surface area contributed by atoms with Crippen molar-refractivity contribution in [2.45, 2.75) is 38.8 Å². The quantitative estimate of drug-likeness (QED) is 0.769. The first-order valence-electron chi connectivity index (χ1n) is 5.72. The van der Waals surface area contributed by atoms with Crippen LogP contribution >= 0.6 is 11.8 Å². The first-order chi connectivity index (χ1) is 8.29. The number of aliphatic carboxylic acids is 1.